The van der Waals surface area contributed by atoms with Gasteiger partial charge < -0.3 is 9.88 Å². The lowest BCUT2D eigenvalue weighted by atomic mass is 10.5. The Labute approximate surface area is 102 Å². The van der Waals surface area contributed by atoms with Crippen molar-refractivity contribution in [2.45, 2.75) is 19.9 Å². The van der Waals surface area contributed by atoms with Crippen molar-refractivity contribution in [2.75, 3.05) is 18.8 Å². The van der Waals surface area contributed by atoms with Gasteiger partial charge in [0.25, 0.3) is 0 Å². The van der Waals surface area contributed by atoms with Crippen LogP contribution in [0.1, 0.15) is 19.2 Å². The van der Waals surface area contributed by atoms with Gasteiger partial charge in [-0.15, -0.1) is 10.2 Å². The molecular weight excluding hydrogens is 242 g/mol. The molecule has 98 valence electrons. The van der Waals surface area contributed by atoms with E-state index in [2.05, 4.69) is 20.2 Å². The molecule has 0 saturated carbocycles. The molecule has 1 rings (SSSR count). The van der Waals surface area contributed by atoms with Crippen LogP contribution >= 0.6 is 0 Å². The van der Waals surface area contributed by atoms with Crippen molar-refractivity contribution in [1.82, 2.24) is 24.8 Å². The molecule has 0 aromatic carbocycles. The molecule has 0 aliphatic rings. The summed E-state index contributed by atoms with van der Waals surface area (Å²) in [5, 5.41) is 10.5. The normalized spacial score (nSPS) is 11.9. The molecule has 7 nitrogen and oxygen atoms in total. The van der Waals surface area contributed by atoms with Crippen LogP contribution < -0.4 is 10.0 Å². The summed E-state index contributed by atoms with van der Waals surface area (Å²) in [6, 6.07) is 0. The summed E-state index contributed by atoms with van der Waals surface area (Å²) in [7, 11) is -1.48. The van der Waals surface area contributed by atoms with Crippen molar-refractivity contribution in [3.05, 3.63) is 12.2 Å². The first-order valence-corrected chi connectivity index (χ1v) is 7.21. The third-order valence-corrected chi connectivity index (χ3v) is 3.56. The number of rotatable bonds is 8. The van der Waals surface area contributed by atoms with Crippen molar-refractivity contribution < 1.29 is 8.42 Å². The molecule has 1 aromatic heterocycles. The highest BCUT2D eigenvalue weighted by Gasteiger charge is 2.10. The molecule has 17 heavy (non-hydrogen) atoms. The predicted octanol–water partition coefficient (Wildman–Crippen LogP) is -0.766. The number of aromatic nitrogens is 3. The van der Waals surface area contributed by atoms with Gasteiger partial charge in [0, 0.05) is 13.6 Å². The fraction of sp³-hybridized carbons (Fsp3) is 0.778. The first kappa shape index (κ1) is 14.1. The minimum Gasteiger partial charge on any atom is -0.320 e. The molecule has 0 saturated heterocycles. The van der Waals surface area contributed by atoms with E-state index in [1.54, 1.807) is 11.6 Å². The average Bonchev–Trinajstić information content (AvgIpc) is 2.68. The first-order chi connectivity index (χ1) is 8.05. The second kappa shape index (κ2) is 6.67. The average molecular weight is 261 g/mol. The van der Waals surface area contributed by atoms with Gasteiger partial charge in [0.15, 0.2) is 0 Å². The maximum Gasteiger partial charge on any atom is 0.213 e. The van der Waals surface area contributed by atoms with E-state index in [4.69, 9.17) is 0 Å². The highest BCUT2D eigenvalue weighted by atomic mass is 32.2. The van der Waals surface area contributed by atoms with E-state index in [9.17, 15) is 8.42 Å². The van der Waals surface area contributed by atoms with E-state index >= 15 is 0 Å². The zero-order valence-corrected chi connectivity index (χ0v) is 11.0. The minimum absolute atomic E-state index is 0.0743. The summed E-state index contributed by atoms with van der Waals surface area (Å²) in [5.74, 6) is 0.667. The van der Waals surface area contributed by atoms with E-state index in [-0.39, 0.29) is 12.3 Å². The zero-order chi connectivity index (χ0) is 12.7. The first-order valence-electron chi connectivity index (χ1n) is 5.56. The molecule has 0 aliphatic carbocycles. The van der Waals surface area contributed by atoms with Crippen molar-refractivity contribution in [1.29, 1.82) is 0 Å². The predicted molar refractivity (Wildman–Crippen MR) is 64.8 cm³/mol. The summed E-state index contributed by atoms with van der Waals surface area (Å²) in [6.45, 7) is 3.50. The quantitative estimate of drug-likeness (QED) is 0.600. The Kier molecular flexibility index (Phi) is 5.52. The summed E-state index contributed by atoms with van der Waals surface area (Å²) in [5.41, 5.74) is 0. The Morgan fingerprint density at radius 2 is 2.18 bits per heavy atom. The minimum atomic E-state index is -3.25. The molecule has 0 bridgehead atoms. The van der Waals surface area contributed by atoms with Gasteiger partial charge in [-0.2, -0.15) is 0 Å². The van der Waals surface area contributed by atoms with Gasteiger partial charge in [-0.1, -0.05) is 6.92 Å². The molecule has 0 fully saturated rings. The van der Waals surface area contributed by atoms with Crippen LogP contribution in [-0.4, -0.2) is 42.0 Å². The van der Waals surface area contributed by atoms with Gasteiger partial charge in [0.05, 0.1) is 12.3 Å². The summed E-state index contributed by atoms with van der Waals surface area (Å²) in [4.78, 5) is 0. The second-order valence-corrected chi connectivity index (χ2v) is 5.67. The second-order valence-electron chi connectivity index (χ2n) is 3.75. The zero-order valence-electron chi connectivity index (χ0n) is 10.2. The molecule has 8 heteroatoms. The molecule has 0 aliphatic heterocycles. The number of hydrogen-bond donors (Lipinski definition) is 2. The number of aryl methyl sites for hydroxylation is 1. The van der Waals surface area contributed by atoms with Crippen LogP contribution in [0.25, 0.3) is 0 Å². The molecule has 0 spiro atoms. The number of sulfonamides is 1. The maximum absolute atomic E-state index is 11.6. The van der Waals surface area contributed by atoms with Crippen LogP contribution in [0.3, 0.4) is 0 Å². The summed E-state index contributed by atoms with van der Waals surface area (Å²) >= 11 is 0. The Hall–Kier alpha value is -0.990. The molecule has 2 N–H and O–H groups in total. The number of nitrogens with zero attached hydrogens (tertiary/aromatic N) is 3. The van der Waals surface area contributed by atoms with Crippen molar-refractivity contribution in [2.24, 2.45) is 7.05 Å². The third-order valence-electron chi connectivity index (χ3n) is 2.23. The van der Waals surface area contributed by atoms with E-state index in [0.29, 0.717) is 12.4 Å². The molecule has 0 radical (unpaired) electrons. The van der Waals surface area contributed by atoms with Gasteiger partial charge in [0.2, 0.25) is 10.0 Å². The van der Waals surface area contributed by atoms with Crippen molar-refractivity contribution in [3.63, 3.8) is 0 Å². The van der Waals surface area contributed by atoms with Crippen LogP contribution in [0.15, 0.2) is 6.33 Å². The SMILES string of the molecule is CCCNCCS(=O)(=O)NCc1nncn1C. The van der Waals surface area contributed by atoms with Crippen LogP contribution in [0.5, 0.6) is 0 Å². The lowest BCUT2D eigenvalue weighted by molar-refractivity contribution is 0.572. The highest BCUT2D eigenvalue weighted by Crippen LogP contribution is 1.92. The fourth-order valence-electron chi connectivity index (χ4n) is 1.22. The Morgan fingerprint density at radius 3 is 2.76 bits per heavy atom. The third kappa shape index (κ3) is 5.24. The number of nitrogens with one attached hydrogen (secondary N) is 2. The van der Waals surface area contributed by atoms with E-state index < -0.39 is 10.0 Å². The van der Waals surface area contributed by atoms with E-state index in [1.165, 1.54) is 6.33 Å². The Morgan fingerprint density at radius 1 is 1.41 bits per heavy atom. The Balaban J connectivity index is 2.32. The van der Waals surface area contributed by atoms with Crippen LogP contribution in [-0.2, 0) is 23.6 Å². The molecule has 1 aromatic rings. The van der Waals surface area contributed by atoms with Gasteiger partial charge in [-0.25, -0.2) is 13.1 Å². The molecule has 0 atom stereocenters. The molecule has 0 amide bonds. The van der Waals surface area contributed by atoms with Gasteiger partial charge in [0.1, 0.15) is 12.2 Å². The monoisotopic (exact) mass is 261 g/mol. The van der Waals surface area contributed by atoms with Crippen LogP contribution in [0.4, 0.5) is 0 Å². The van der Waals surface area contributed by atoms with E-state index in [1.807, 2.05) is 6.92 Å². The number of hydrogen-bond acceptors (Lipinski definition) is 5. The topological polar surface area (TPSA) is 88.9 Å². The fourth-order valence-corrected chi connectivity index (χ4v) is 2.13. The van der Waals surface area contributed by atoms with Crippen molar-refractivity contribution >= 4 is 10.0 Å². The van der Waals surface area contributed by atoms with Crippen LogP contribution in [0.2, 0.25) is 0 Å². The van der Waals surface area contributed by atoms with Crippen LogP contribution in [0, 0.1) is 0 Å². The molecule has 1 heterocycles. The van der Waals surface area contributed by atoms with Crippen molar-refractivity contribution in [3.8, 4) is 0 Å². The molecular formula is C9H19N5O2S. The van der Waals surface area contributed by atoms with Gasteiger partial charge >= 0.3 is 0 Å². The largest absolute Gasteiger partial charge is 0.320 e. The summed E-state index contributed by atoms with van der Waals surface area (Å²) in [6.07, 6.45) is 2.53. The van der Waals surface area contributed by atoms with Gasteiger partial charge in [-0.05, 0) is 13.0 Å². The highest BCUT2D eigenvalue weighted by molar-refractivity contribution is 7.89. The molecule has 0 unspecified atom stereocenters. The Bertz CT molecular complexity index is 428. The van der Waals surface area contributed by atoms with E-state index in [0.717, 1.165) is 13.0 Å². The van der Waals surface area contributed by atoms with Gasteiger partial charge in [-0.3, -0.25) is 0 Å². The lowest BCUT2D eigenvalue weighted by Gasteiger charge is -2.06. The standard InChI is InChI=1S/C9H19N5O2S/c1-3-4-10-5-6-17(15,16)12-7-9-13-11-8-14(9)2/h8,10,12H,3-7H2,1-2H3. The smallest absolute Gasteiger partial charge is 0.213 e. The summed E-state index contributed by atoms with van der Waals surface area (Å²) < 4.78 is 27.3. The maximum atomic E-state index is 11.6. The lowest BCUT2D eigenvalue weighted by Crippen LogP contribution is -2.32.